The van der Waals surface area contributed by atoms with Gasteiger partial charge in [0.25, 0.3) is 11.8 Å². The van der Waals surface area contributed by atoms with Gasteiger partial charge < -0.3 is 20.1 Å². The number of carbonyl (C=O) groups is 2. The minimum Gasteiger partial charge on any atom is -0.493 e. The summed E-state index contributed by atoms with van der Waals surface area (Å²) in [4.78, 5) is 24.6. The van der Waals surface area contributed by atoms with E-state index in [0.29, 0.717) is 38.5 Å². The molecule has 3 rings (SSSR count). The first-order valence-electron chi connectivity index (χ1n) is 8.88. The van der Waals surface area contributed by atoms with Gasteiger partial charge in [0.15, 0.2) is 18.1 Å². The number of para-hydroxylation sites is 2. The quantitative estimate of drug-likeness (QED) is 0.520. The van der Waals surface area contributed by atoms with E-state index >= 15 is 0 Å². The molecule has 0 atom stereocenters. The summed E-state index contributed by atoms with van der Waals surface area (Å²) in [7, 11) is 1.53. The van der Waals surface area contributed by atoms with E-state index in [-0.39, 0.29) is 18.4 Å². The lowest BCUT2D eigenvalue weighted by molar-refractivity contribution is -0.118. The van der Waals surface area contributed by atoms with Gasteiger partial charge in [0.1, 0.15) is 0 Å². The van der Waals surface area contributed by atoms with E-state index in [0.717, 1.165) is 0 Å². The summed E-state index contributed by atoms with van der Waals surface area (Å²) in [6, 6.07) is 18.4. The Balaban J connectivity index is 1.60. The molecule has 0 heterocycles. The molecule has 0 aliphatic carbocycles. The first-order chi connectivity index (χ1) is 14.5. The third-order valence-corrected chi connectivity index (χ3v) is 4.75. The van der Waals surface area contributed by atoms with Gasteiger partial charge in [0, 0.05) is 16.9 Å². The van der Waals surface area contributed by atoms with Crippen molar-refractivity contribution in [2.75, 3.05) is 24.4 Å². The van der Waals surface area contributed by atoms with Gasteiger partial charge in [0.05, 0.1) is 17.2 Å². The molecule has 8 heteroatoms. The topological polar surface area (TPSA) is 76.7 Å². The van der Waals surface area contributed by atoms with Crippen molar-refractivity contribution in [2.45, 2.75) is 0 Å². The molecule has 2 amide bonds. The van der Waals surface area contributed by atoms with E-state index in [1.165, 1.54) is 13.2 Å². The van der Waals surface area contributed by atoms with Crippen LogP contribution in [0.3, 0.4) is 0 Å². The molecule has 0 unspecified atom stereocenters. The fourth-order valence-electron chi connectivity index (χ4n) is 2.59. The Labute approximate surface area is 183 Å². The Bertz CT molecular complexity index is 1070. The molecule has 0 spiro atoms. The maximum atomic E-state index is 12.4. The summed E-state index contributed by atoms with van der Waals surface area (Å²) in [5.74, 6) is 0.306. The number of halogens is 2. The van der Waals surface area contributed by atoms with Gasteiger partial charge in [-0.1, -0.05) is 41.4 Å². The predicted molar refractivity (Wildman–Crippen MR) is 118 cm³/mol. The molecule has 0 radical (unpaired) electrons. The molecule has 0 aromatic heterocycles. The van der Waals surface area contributed by atoms with Crippen molar-refractivity contribution < 1.29 is 19.1 Å². The Morgan fingerprint density at radius 2 is 1.53 bits per heavy atom. The van der Waals surface area contributed by atoms with E-state index in [9.17, 15) is 9.59 Å². The third kappa shape index (κ3) is 5.65. The number of carbonyl (C=O) groups excluding carboxylic acids is 2. The molecule has 0 saturated heterocycles. The van der Waals surface area contributed by atoms with Crippen LogP contribution in [-0.2, 0) is 4.79 Å². The molecule has 0 fully saturated rings. The molecule has 0 aliphatic heterocycles. The molecular weight excluding hydrogens is 427 g/mol. The van der Waals surface area contributed by atoms with Crippen LogP contribution < -0.4 is 20.1 Å². The molecule has 0 aliphatic rings. The average Bonchev–Trinajstić information content (AvgIpc) is 2.74. The number of hydrogen-bond acceptors (Lipinski definition) is 4. The molecule has 6 nitrogen and oxygen atoms in total. The van der Waals surface area contributed by atoms with E-state index in [4.69, 9.17) is 32.7 Å². The van der Waals surface area contributed by atoms with Gasteiger partial charge in [-0.15, -0.1) is 0 Å². The van der Waals surface area contributed by atoms with Crippen LogP contribution in [0.4, 0.5) is 11.4 Å². The van der Waals surface area contributed by atoms with Crippen LogP contribution in [0.1, 0.15) is 10.4 Å². The third-order valence-electron chi connectivity index (χ3n) is 4.01. The van der Waals surface area contributed by atoms with Gasteiger partial charge in [-0.2, -0.15) is 0 Å². The van der Waals surface area contributed by atoms with Crippen LogP contribution in [-0.4, -0.2) is 25.5 Å². The SMILES string of the molecule is COc1ccccc1OCC(=O)Nc1cccc(NC(=O)c2ccc(Cl)c(Cl)c2)c1. The van der Waals surface area contributed by atoms with E-state index in [1.807, 2.05) is 6.07 Å². The Kier molecular flexibility index (Phi) is 7.17. The highest BCUT2D eigenvalue weighted by Crippen LogP contribution is 2.26. The summed E-state index contributed by atoms with van der Waals surface area (Å²) in [5.41, 5.74) is 1.38. The monoisotopic (exact) mass is 444 g/mol. The minimum absolute atomic E-state index is 0.194. The maximum absolute atomic E-state index is 12.4. The van der Waals surface area contributed by atoms with Crippen molar-refractivity contribution in [3.05, 3.63) is 82.3 Å². The van der Waals surface area contributed by atoms with Crippen molar-refractivity contribution in [1.29, 1.82) is 0 Å². The van der Waals surface area contributed by atoms with Crippen molar-refractivity contribution in [3.63, 3.8) is 0 Å². The summed E-state index contributed by atoms with van der Waals surface area (Å²) >= 11 is 11.8. The zero-order chi connectivity index (χ0) is 21.5. The molecular formula is C22H18Cl2N2O4. The first-order valence-corrected chi connectivity index (χ1v) is 9.64. The van der Waals surface area contributed by atoms with Crippen LogP contribution >= 0.6 is 23.2 Å². The van der Waals surface area contributed by atoms with Gasteiger partial charge in [-0.3, -0.25) is 9.59 Å². The normalized spacial score (nSPS) is 10.2. The van der Waals surface area contributed by atoms with Crippen LogP contribution in [0.25, 0.3) is 0 Å². The highest BCUT2D eigenvalue weighted by atomic mass is 35.5. The zero-order valence-corrected chi connectivity index (χ0v) is 17.5. The second kappa shape index (κ2) is 10.0. The second-order valence-electron chi connectivity index (χ2n) is 6.15. The van der Waals surface area contributed by atoms with Crippen molar-refractivity contribution >= 4 is 46.4 Å². The first kappa shape index (κ1) is 21.5. The van der Waals surface area contributed by atoms with Crippen LogP contribution in [0.2, 0.25) is 10.0 Å². The van der Waals surface area contributed by atoms with Crippen molar-refractivity contribution in [2.24, 2.45) is 0 Å². The summed E-state index contributed by atoms with van der Waals surface area (Å²) < 4.78 is 10.7. The molecule has 0 bridgehead atoms. The number of nitrogens with one attached hydrogen (secondary N) is 2. The number of ether oxygens (including phenoxy) is 2. The Morgan fingerprint density at radius 1 is 0.833 bits per heavy atom. The number of anilines is 2. The van der Waals surface area contributed by atoms with Gasteiger partial charge in [-0.25, -0.2) is 0 Å². The number of methoxy groups -OCH3 is 1. The smallest absolute Gasteiger partial charge is 0.262 e. The summed E-state index contributed by atoms with van der Waals surface area (Å²) in [6.07, 6.45) is 0. The number of benzene rings is 3. The average molecular weight is 445 g/mol. The van der Waals surface area contributed by atoms with Crippen molar-refractivity contribution in [1.82, 2.24) is 0 Å². The molecule has 2 N–H and O–H groups in total. The molecule has 3 aromatic rings. The van der Waals surface area contributed by atoms with Crippen LogP contribution in [0.5, 0.6) is 11.5 Å². The minimum atomic E-state index is -0.353. The fraction of sp³-hybridized carbons (Fsp3) is 0.0909. The zero-order valence-electron chi connectivity index (χ0n) is 15.9. The molecule has 3 aromatic carbocycles. The number of hydrogen-bond donors (Lipinski definition) is 2. The Hall–Kier alpha value is -3.22. The lowest BCUT2D eigenvalue weighted by Crippen LogP contribution is -2.20. The Morgan fingerprint density at radius 3 is 2.23 bits per heavy atom. The molecule has 154 valence electrons. The lowest BCUT2D eigenvalue weighted by atomic mass is 10.2. The second-order valence-corrected chi connectivity index (χ2v) is 6.97. The lowest BCUT2D eigenvalue weighted by Gasteiger charge is -2.11. The molecule has 30 heavy (non-hydrogen) atoms. The fourth-order valence-corrected chi connectivity index (χ4v) is 2.89. The van der Waals surface area contributed by atoms with E-state index < -0.39 is 0 Å². The highest BCUT2D eigenvalue weighted by Gasteiger charge is 2.10. The van der Waals surface area contributed by atoms with Gasteiger partial charge >= 0.3 is 0 Å². The summed E-state index contributed by atoms with van der Waals surface area (Å²) in [6.45, 7) is -0.194. The van der Waals surface area contributed by atoms with Gasteiger partial charge in [-0.05, 0) is 48.5 Å². The largest absolute Gasteiger partial charge is 0.493 e. The highest BCUT2D eigenvalue weighted by molar-refractivity contribution is 6.42. The number of rotatable bonds is 7. The predicted octanol–water partition coefficient (Wildman–Crippen LogP) is 5.27. The van der Waals surface area contributed by atoms with Crippen LogP contribution in [0, 0.1) is 0 Å². The van der Waals surface area contributed by atoms with Crippen molar-refractivity contribution in [3.8, 4) is 11.5 Å². The summed E-state index contributed by atoms with van der Waals surface area (Å²) in [5, 5.41) is 6.14. The maximum Gasteiger partial charge on any atom is 0.262 e. The number of amides is 2. The van der Waals surface area contributed by atoms with E-state index in [1.54, 1.807) is 54.6 Å². The van der Waals surface area contributed by atoms with Gasteiger partial charge in [0.2, 0.25) is 0 Å². The van der Waals surface area contributed by atoms with E-state index in [2.05, 4.69) is 10.6 Å². The van der Waals surface area contributed by atoms with Crippen LogP contribution in [0.15, 0.2) is 66.7 Å². The molecule has 0 saturated carbocycles. The standard InChI is InChI=1S/C22H18Cl2N2O4/c1-29-19-7-2-3-8-20(19)30-13-21(27)25-15-5-4-6-16(12-15)26-22(28)14-9-10-17(23)18(24)11-14/h2-12H,13H2,1H3,(H,25,27)(H,26,28).